The minimum atomic E-state index is 0.331. The predicted octanol–water partition coefficient (Wildman–Crippen LogP) is 4.17. The molecule has 0 bridgehead atoms. The molecule has 0 unspecified atom stereocenters. The Hall–Kier alpha value is -2.29. The highest BCUT2D eigenvalue weighted by molar-refractivity contribution is 5.90. The third-order valence-corrected chi connectivity index (χ3v) is 3.54. The van der Waals surface area contributed by atoms with Crippen LogP contribution in [0.15, 0.2) is 42.5 Å². The van der Waals surface area contributed by atoms with Crippen molar-refractivity contribution < 1.29 is 0 Å². The summed E-state index contributed by atoms with van der Waals surface area (Å²) >= 11 is 0. The highest BCUT2D eigenvalue weighted by Crippen LogP contribution is 2.31. The van der Waals surface area contributed by atoms with Crippen molar-refractivity contribution >= 4 is 16.7 Å². The van der Waals surface area contributed by atoms with Crippen molar-refractivity contribution in [2.75, 3.05) is 5.73 Å². The second-order valence-corrected chi connectivity index (χ2v) is 5.48. The molecule has 0 saturated carbocycles. The Morgan fingerprint density at radius 3 is 2.55 bits per heavy atom. The number of hydrogen-bond donors (Lipinski definition) is 1. The Kier molecular flexibility index (Phi) is 2.97. The fourth-order valence-electron chi connectivity index (χ4n) is 2.65. The molecule has 3 aromatic rings. The predicted molar refractivity (Wildman–Crippen MR) is 84.7 cm³/mol. The number of aryl methyl sites for hydroxylation is 1. The molecular formula is C17H19N3. The molecule has 1 heterocycles. The van der Waals surface area contributed by atoms with Gasteiger partial charge in [-0.15, -0.1) is 0 Å². The maximum absolute atomic E-state index is 6.07. The lowest BCUT2D eigenvalue weighted by molar-refractivity contribution is 0.624. The maximum Gasteiger partial charge on any atom is 0.141 e. The van der Waals surface area contributed by atoms with E-state index in [0.717, 1.165) is 28.1 Å². The van der Waals surface area contributed by atoms with Crippen molar-refractivity contribution in [1.82, 2.24) is 9.55 Å². The van der Waals surface area contributed by atoms with E-state index >= 15 is 0 Å². The molecule has 3 rings (SSSR count). The van der Waals surface area contributed by atoms with E-state index in [1.807, 2.05) is 12.1 Å². The summed E-state index contributed by atoms with van der Waals surface area (Å²) in [5.74, 6) is 0.983. The summed E-state index contributed by atoms with van der Waals surface area (Å²) in [7, 11) is 0. The van der Waals surface area contributed by atoms with Crippen LogP contribution in [-0.2, 0) is 0 Å². The molecule has 0 aliphatic rings. The third-order valence-electron chi connectivity index (χ3n) is 3.54. The maximum atomic E-state index is 6.07. The van der Waals surface area contributed by atoms with Crippen molar-refractivity contribution in [2.24, 2.45) is 0 Å². The van der Waals surface area contributed by atoms with Crippen molar-refractivity contribution in [2.45, 2.75) is 26.8 Å². The zero-order chi connectivity index (χ0) is 14.3. The molecule has 2 aromatic carbocycles. The van der Waals surface area contributed by atoms with E-state index in [1.54, 1.807) is 0 Å². The van der Waals surface area contributed by atoms with Crippen molar-refractivity contribution in [3.63, 3.8) is 0 Å². The summed E-state index contributed by atoms with van der Waals surface area (Å²) < 4.78 is 2.25. The lowest BCUT2D eigenvalue weighted by Crippen LogP contribution is -2.03. The van der Waals surface area contributed by atoms with Crippen LogP contribution in [-0.4, -0.2) is 9.55 Å². The first kappa shape index (κ1) is 12.7. The second kappa shape index (κ2) is 4.67. The molecule has 0 radical (unpaired) electrons. The summed E-state index contributed by atoms with van der Waals surface area (Å²) in [4.78, 5) is 4.78. The van der Waals surface area contributed by atoms with E-state index in [9.17, 15) is 0 Å². The van der Waals surface area contributed by atoms with Crippen molar-refractivity contribution in [3.8, 4) is 11.4 Å². The first-order valence-electron chi connectivity index (χ1n) is 6.91. The van der Waals surface area contributed by atoms with E-state index in [2.05, 4.69) is 55.7 Å². The molecule has 20 heavy (non-hydrogen) atoms. The molecular weight excluding hydrogens is 246 g/mol. The number of fused-ring (bicyclic) bond motifs is 1. The molecule has 0 aliphatic heterocycles. The first-order chi connectivity index (χ1) is 9.58. The average molecular weight is 265 g/mol. The summed E-state index contributed by atoms with van der Waals surface area (Å²) in [6.45, 7) is 6.44. The largest absolute Gasteiger partial charge is 0.397 e. The standard InChI is InChI=1S/C17H19N3/c1-11(2)20-15-9-5-8-14(18)16(15)19-17(20)13-7-4-6-12(3)10-13/h4-11H,18H2,1-3H3. The van der Waals surface area contributed by atoms with Gasteiger partial charge in [0.25, 0.3) is 0 Å². The van der Waals surface area contributed by atoms with Gasteiger partial charge in [-0.25, -0.2) is 4.98 Å². The van der Waals surface area contributed by atoms with Gasteiger partial charge >= 0.3 is 0 Å². The zero-order valence-corrected chi connectivity index (χ0v) is 12.1. The number of anilines is 1. The summed E-state index contributed by atoms with van der Waals surface area (Å²) in [6, 6.07) is 14.7. The molecule has 1 aromatic heterocycles. The van der Waals surface area contributed by atoms with Gasteiger partial charge in [0.1, 0.15) is 11.3 Å². The number of nitrogens with two attached hydrogens (primary N) is 1. The number of aromatic nitrogens is 2. The van der Waals surface area contributed by atoms with Crippen LogP contribution in [0.1, 0.15) is 25.5 Å². The fraction of sp³-hybridized carbons (Fsp3) is 0.235. The molecule has 3 heteroatoms. The third kappa shape index (κ3) is 1.95. The first-order valence-corrected chi connectivity index (χ1v) is 6.91. The smallest absolute Gasteiger partial charge is 0.141 e. The van der Waals surface area contributed by atoms with Crippen LogP contribution >= 0.6 is 0 Å². The zero-order valence-electron chi connectivity index (χ0n) is 12.1. The molecule has 2 N–H and O–H groups in total. The fourth-order valence-corrected chi connectivity index (χ4v) is 2.65. The number of imidazole rings is 1. The topological polar surface area (TPSA) is 43.8 Å². The average Bonchev–Trinajstić information content (AvgIpc) is 2.79. The summed E-state index contributed by atoms with van der Waals surface area (Å²) in [5, 5.41) is 0. The number of benzene rings is 2. The van der Waals surface area contributed by atoms with Crippen LogP contribution in [0.4, 0.5) is 5.69 Å². The molecule has 0 fully saturated rings. The molecule has 0 atom stereocenters. The molecule has 0 saturated heterocycles. The van der Waals surface area contributed by atoms with Gasteiger partial charge < -0.3 is 10.3 Å². The molecule has 3 nitrogen and oxygen atoms in total. The number of nitrogen functional groups attached to an aromatic ring is 1. The van der Waals surface area contributed by atoms with Gasteiger partial charge in [0.2, 0.25) is 0 Å². The van der Waals surface area contributed by atoms with Crippen LogP contribution in [0.25, 0.3) is 22.4 Å². The summed E-state index contributed by atoms with van der Waals surface area (Å²) in [6.07, 6.45) is 0. The highest BCUT2D eigenvalue weighted by atomic mass is 15.1. The number of hydrogen-bond acceptors (Lipinski definition) is 2. The minimum Gasteiger partial charge on any atom is -0.397 e. The van der Waals surface area contributed by atoms with E-state index in [1.165, 1.54) is 5.56 Å². The van der Waals surface area contributed by atoms with Crippen LogP contribution in [0, 0.1) is 6.92 Å². The quantitative estimate of drug-likeness (QED) is 0.706. The van der Waals surface area contributed by atoms with Gasteiger partial charge in [-0.3, -0.25) is 0 Å². The Morgan fingerprint density at radius 2 is 1.85 bits per heavy atom. The van der Waals surface area contributed by atoms with Gasteiger partial charge in [0.15, 0.2) is 0 Å². The highest BCUT2D eigenvalue weighted by Gasteiger charge is 2.16. The van der Waals surface area contributed by atoms with E-state index in [-0.39, 0.29) is 0 Å². The van der Waals surface area contributed by atoms with Crippen molar-refractivity contribution in [1.29, 1.82) is 0 Å². The Balaban J connectivity index is 2.35. The minimum absolute atomic E-state index is 0.331. The van der Waals surface area contributed by atoms with Gasteiger partial charge in [-0.1, -0.05) is 29.8 Å². The number of rotatable bonds is 2. The van der Waals surface area contributed by atoms with Gasteiger partial charge in [0, 0.05) is 11.6 Å². The number of para-hydroxylation sites is 1. The van der Waals surface area contributed by atoms with Crippen molar-refractivity contribution in [3.05, 3.63) is 48.0 Å². The SMILES string of the molecule is Cc1cccc(-c2nc3c(N)cccc3n2C(C)C)c1. The lowest BCUT2D eigenvalue weighted by atomic mass is 10.1. The molecule has 102 valence electrons. The van der Waals surface area contributed by atoms with E-state index in [4.69, 9.17) is 10.7 Å². The Morgan fingerprint density at radius 1 is 1.10 bits per heavy atom. The second-order valence-electron chi connectivity index (χ2n) is 5.48. The van der Waals surface area contributed by atoms with Gasteiger partial charge in [-0.2, -0.15) is 0 Å². The van der Waals surface area contributed by atoms with Crippen LogP contribution in [0.5, 0.6) is 0 Å². The monoisotopic (exact) mass is 265 g/mol. The Labute approximate surface area is 119 Å². The van der Waals surface area contributed by atoms with E-state index in [0.29, 0.717) is 6.04 Å². The van der Waals surface area contributed by atoms with Crippen LogP contribution < -0.4 is 5.73 Å². The van der Waals surface area contributed by atoms with E-state index < -0.39 is 0 Å². The lowest BCUT2D eigenvalue weighted by Gasteiger charge is -2.13. The summed E-state index contributed by atoms with van der Waals surface area (Å²) in [5.41, 5.74) is 11.2. The van der Waals surface area contributed by atoms with Gasteiger partial charge in [0.05, 0.1) is 11.2 Å². The Bertz CT molecular complexity index is 769. The van der Waals surface area contributed by atoms with Gasteiger partial charge in [-0.05, 0) is 39.0 Å². The molecule has 0 spiro atoms. The normalized spacial score (nSPS) is 11.4. The molecule has 0 aliphatic carbocycles. The van der Waals surface area contributed by atoms with Crippen LogP contribution in [0.2, 0.25) is 0 Å². The van der Waals surface area contributed by atoms with Crippen LogP contribution in [0.3, 0.4) is 0 Å². The number of nitrogens with zero attached hydrogens (tertiary/aromatic N) is 2. The molecule has 0 amide bonds.